The molecule has 0 aliphatic carbocycles. The standard InChI is InChI=1S/C23H27N5O3/c1-24-11-10-21(30)27-16-17-6-2-3-7-18(17)22-23(19-8-4-5-9-20(19)27)28(26-25-22)12-14-31-15-13-29/h2-9,24,29H,10-16H2,1H3. The van der Waals surface area contributed by atoms with Crippen LogP contribution < -0.4 is 10.2 Å². The maximum Gasteiger partial charge on any atom is 0.228 e. The average Bonchev–Trinajstić information content (AvgIpc) is 3.21. The summed E-state index contributed by atoms with van der Waals surface area (Å²) in [7, 11) is 1.85. The van der Waals surface area contributed by atoms with Crippen molar-refractivity contribution in [1.29, 1.82) is 0 Å². The molecule has 2 heterocycles. The fraction of sp³-hybridized carbons (Fsp3) is 0.348. The predicted octanol–water partition coefficient (Wildman–Crippen LogP) is 2.08. The third-order valence-corrected chi connectivity index (χ3v) is 5.36. The minimum absolute atomic E-state index is 0.0185. The number of aromatic nitrogens is 3. The molecule has 2 aromatic carbocycles. The number of carbonyl (C=O) groups is 1. The summed E-state index contributed by atoms with van der Waals surface area (Å²) in [5, 5.41) is 20.9. The van der Waals surface area contributed by atoms with Gasteiger partial charge in [0.15, 0.2) is 0 Å². The molecule has 0 saturated heterocycles. The smallest absolute Gasteiger partial charge is 0.228 e. The van der Waals surface area contributed by atoms with Crippen LogP contribution in [0.2, 0.25) is 0 Å². The number of benzene rings is 2. The first kappa shape index (κ1) is 21.2. The second-order valence-corrected chi connectivity index (χ2v) is 7.35. The molecule has 0 radical (unpaired) electrons. The highest BCUT2D eigenvalue weighted by molar-refractivity contribution is 6.00. The number of nitrogens with one attached hydrogen (secondary N) is 1. The molecule has 8 heteroatoms. The summed E-state index contributed by atoms with van der Waals surface area (Å²) in [6.45, 7) is 2.25. The Bertz CT molecular complexity index is 1050. The van der Waals surface area contributed by atoms with Gasteiger partial charge in [0.05, 0.1) is 44.3 Å². The third kappa shape index (κ3) is 4.36. The summed E-state index contributed by atoms with van der Waals surface area (Å²) in [4.78, 5) is 15.0. The maximum absolute atomic E-state index is 13.2. The Morgan fingerprint density at radius 3 is 2.71 bits per heavy atom. The first-order valence-corrected chi connectivity index (χ1v) is 10.5. The molecule has 1 aromatic heterocycles. The summed E-state index contributed by atoms with van der Waals surface area (Å²) < 4.78 is 7.28. The zero-order valence-corrected chi connectivity index (χ0v) is 17.6. The molecule has 1 aliphatic heterocycles. The second-order valence-electron chi connectivity index (χ2n) is 7.35. The second kappa shape index (κ2) is 9.82. The Hall–Kier alpha value is -3.07. The van der Waals surface area contributed by atoms with E-state index in [1.54, 1.807) is 0 Å². The number of anilines is 1. The monoisotopic (exact) mass is 421 g/mol. The van der Waals surface area contributed by atoms with Crippen molar-refractivity contribution in [3.63, 3.8) is 0 Å². The number of hydrogen-bond acceptors (Lipinski definition) is 6. The number of aliphatic hydroxyl groups is 1. The molecule has 0 saturated carbocycles. The largest absolute Gasteiger partial charge is 0.394 e. The minimum atomic E-state index is -0.0185. The highest BCUT2D eigenvalue weighted by Gasteiger charge is 2.28. The Balaban J connectivity index is 1.84. The summed E-state index contributed by atoms with van der Waals surface area (Å²) in [5.74, 6) is 0.0605. The van der Waals surface area contributed by atoms with Gasteiger partial charge in [0.1, 0.15) is 5.69 Å². The van der Waals surface area contributed by atoms with E-state index >= 15 is 0 Å². The number of fused-ring (bicyclic) bond motifs is 5. The van der Waals surface area contributed by atoms with Gasteiger partial charge in [-0.05, 0) is 18.7 Å². The number of nitrogens with zero attached hydrogens (tertiary/aromatic N) is 4. The van der Waals surface area contributed by atoms with E-state index in [0.29, 0.717) is 32.7 Å². The van der Waals surface area contributed by atoms with Crippen LogP contribution in [0, 0.1) is 0 Å². The zero-order chi connectivity index (χ0) is 21.6. The van der Waals surface area contributed by atoms with Crippen LogP contribution in [0.1, 0.15) is 12.0 Å². The highest BCUT2D eigenvalue weighted by atomic mass is 16.5. The lowest BCUT2D eigenvalue weighted by molar-refractivity contribution is -0.118. The molecule has 3 aromatic rings. The van der Waals surface area contributed by atoms with Gasteiger partial charge in [0, 0.05) is 24.1 Å². The van der Waals surface area contributed by atoms with Gasteiger partial charge in [-0.25, -0.2) is 4.68 Å². The number of para-hydroxylation sites is 1. The van der Waals surface area contributed by atoms with Crippen LogP contribution in [0.5, 0.6) is 0 Å². The number of rotatable bonds is 8. The molecule has 31 heavy (non-hydrogen) atoms. The highest BCUT2D eigenvalue weighted by Crippen LogP contribution is 2.41. The molecule has 1 amide bonds. The molecule has 8 nitrogen and oxygen atoms in total. The van der Waals surface area contributed by atoms with Crippen molar-refractivity contribution in [2.45, 2.75) is 19.5 Å². The molecule has 0 unspecified atom stereocenters. The van der Waals surface area contributed by atoms with Gasteiger partial charge in [-0.3, -0.25) is 4.79 Å². The third-order valence-electron chi connectivity index (χ3n) is 5.36. The molecule has 4 rings (SSSR count). The Labute approximate surface area is 181 Å². The van der Waals surface area contributed by atoms with Crippen LogP contribution in [0.25, 0.3) is 22.5 Å². The summed E-state index contributed by atoms with van der Waals surface area (Å²) in [6, 6.07) is 15.9. The number of amides is 1. The van der Waals surface area contributed by atoms with Gasteiger partial charge in [0.25, 0.3) is 0 Å². The van der Waals surface area contributed by atoms with Gasteiger partial charge < -0.3 is 20.1 Å². The van der Waals surface area contributed by atoms with Crippen LogP contribution in [-0.2, 0) is 22.6 Å². The van der Waals surface area contributed by atoms with Crippen molar-refractivity contribution in [2.75, 3.05) is 38.3 Å². The van der Waals surface area contributed by atoms with E-state index in [-0.39, 0.29) is 19.1 Å². The van der Waals surface area contributed by atoms with Crippen LogP contribution in [0.15, 0.2) is 48.5 Å². The summed E-state index contributed by atoms with van der Waals surface area (Å²) >= 11 is 0. The first-order valence-electron chi connectivity index (χ1n) is 10.5. The lowest BCUT2D eigenvalue weighted by Crippen LogP contribution is -2.33. The van der Waals surface area contributed by atoms with Crippen LogP contribution in [0.3, 0.4) is 0 Å². The van der Waals surface area contributed by atoms with Crippen LogP contribution in [0.4, 0.5) is 5.69 Å². The van der Waals surface area contributed by atoms with E-state index in [4.69, 9.17) is 9.84 Å². The van der Waals surface area contributed by atoms with Gasteiger partial charge >= 0.3 is 0 Å². The Morgan fingerprint density at radius 2 is 1.90 bits per heavy atom. The first-order chi connectivity index (χ1) is 15.2. The maximum atomic E-state index is 13.2. The van der Waals surface area contributed by atoms with Gasteiger partial charge in [0.2, 0.25) is 5.91 Å². The fourth-order valence-corrected chi connectivity index (χ4v) is 3.88. The van der Waals surface area contributed by atoms with Crippen LogP contribution in [-0.4, -0.2) is 59.4 Å². The van der Waals surface area contributed by atoms with Gasteiger partial charge in [-0.1, -0.05) is 47.7 Å². The SMILES string of the molecule is CNCCC(=O)N1Cc2ccccc2-c2nnn(CCOCCO)c2-c2ccccc21. The van der Waals surface area contributed by atoms with E-state index in [1.807, 2.05) is 65.2 Å². The molecule has 0 bridgehead atoms. The summed E-state index contributed by atoms with van der Waals surface area (Å²) in [5.41, 5.74) is 5.42. The quantitative estimate of drug-likeness (QED) is 0.541. The number of hydrogen-bond donors (Lipinski definition) is 2. The predicted molar refractivity (Wildman–Crippen MR) is 119 cm³/mol. The van der Waals surface area contributed by atoms with E-state index in [9.17, 15) is 4.79 Å². The molecule has 162 valence electrons. The van der Waals surface area contributed by atoms with Crippen molar-refractivity contribution >= 4 is 11.6 Å². The minimum Gasteiger partial charge on any atom is -0.394 e. The molecule has 0 atom stereocenters. The molecule has 1 aliphatic rings. The molecule has 2 N–H and O–H groups in total. The van der Waals surface area contributed by atoms with E-state index in [0.717, 1.165) is 33.8 Å². The molecular formula is C23H27N5O3. The van der Waals surface area contributed by atoms with Gasteiger partial charge in [-0.2, -0.15) is 0 Å². The van der Waals surface area contributed by atoms with Crippen LogP contribution >= 0.6 is 0 Å². The van der Waals surface area contributed by atoms with Crippen molar-refractivity contribution in [3.8, 4) is 22.5 Å². The number of ether oxygens (including phenoxy) is 1. The van der Waals surface area contributed by atoms with Gasteiger partial charge in [-0.15, -0.1) is 5.10 Å². The Kier molecular flexibility index (Phi) is 6.71. The number of aliphatic hydroxyl groups excluding tert-OH is 1. The van der Waals surface area contributed by atoms with Crippen molar-refractivity contribution in [1.82, 2.24) is 20.3 Å². The van der Waals surface area contributed by atoms with E-state index < -0.39 is 0 Å². The molecule has 0 spiro atoms. The number of carbonyl (C=O) groups excluding carboxylic acids is 1. The van der Waals surface area contributed by atoms with Crippen molar-refractivity contribution in [3.05, 3.63) is 54.1 Å². The topological polar surface area (TPSA) is 92.5 Å². The Morgan fingerprint density at radius 1 is 1.13 bits per heavy atom. The van der Waals surface area contributed by atoms with Crippen molar-refractivity contribution < 1.29 is 14.6 Å². The fourth-order valence-electron chi connectivity index (χ4n) is 3.88. The van der Waals surface area contributed by atoms with E-state index in [2.05, 4.69) is 15.6 Å². The molecular weight excluding hydrogens is 394 g/mol. The molecule has 0 fully saturated rings. The average molecular weight is 422 g/mol. The lowest BCUT2D eigenvalue weighted by Gasteiger charge is -2.28. The summed E-state index contributed by atoms with van der Waals surface area (Å²) in [6.07, 6.45) is 0.409. The lowest BCUT2D eigenvalue weighted by atomic mass is 9.95. The normalized spacial score (nSPS) is 12.5. The van der Waals surface area contributed by atoms with Crippen molar-refractivity contribution in [2.24, 2.45) is 0 Å². The zero-order valence-electron chi connectivity index (χ0n) is 17.6. The van der Waals surface area contributed by atoms with E-state index in [1.165, 1.54) is 0 Å².